The van der Waals surface area contributed by atoms with E-state index in [2.05, 4.69) is 10.5 Å². The number of hydrogen-bond donors (Lipinski definition) is 4. The van der Waals surface area contributed by atoms with Crippen molar-refractivity contribution in [1.29, 1.82) is 0 Å². The molecular formula is C9H20N4O2. The Morgan fingerprint density at radius 1 is 1.47 bits per heavy atom. The largest absolute Gasteiger partial charge is 0.409 e. The van der Waals surface area contributed by atoms with Crippen molar-refractivity contribution in [2.24, 2.45) is 16.6 Å². The van der Waals surface area contributed by atoms with Gasteiger partial charge in [-0.3, -0.25) is 4.79 Å². The maximum Gasteiger partial charge on any atom is 0.217 e. The molecule has 0 aromatic rings. The number of amidine groups is 1. The molecule has 6 heteroatoms. The van der Waals surface area contributed by atoms with E-state index in [1.807, 2.05) is 6.92 Å². The van der Waals surface area contributed by atoms with E-state index in [-0.39, 0.29) is 17.8 Å². The van der Waals surface area contributed by atoms with Gasteiger partial charge < -0.3 is 22.0 Å². The summed E-state index contributed by atoms with van der Waals surface area (Å²) >= 11 is 0. The van der Waals surface area contributed by atoms with Gasteiger partial charge in [-0.05, 0) is 25.8 Å². The van der Waals surface area contributed by atoms with E-state index in [1.54, 1.807) is 0 Å². The standard InChI is InChI=1S/C9H20N4O2/c1-2-7(9(11)13-15)12-6-4-3-5-8(10)14/h7,12,15H,2-6H2,1H3,(H2,10,14)(H2,11,13). The van der Waals surface area contributed by atoms with Gasteiger partial charge in [0.15, 0.2) is 5.84 Å². The van der Waals surface area contributed by atoms with Crippen LogP contribution in [0.25, 0.3) is 0 Å². The molecule has 0 saturated heterocycles. The fourth-order valence-electron chi connectivity index (χ4n) is 1.23. The lowest BCUT2D eigenvalue weighted by atomic mass is 10.2. The van der Waals surface area contributed by atoms with Gasteiger partial charge in [0.05, 0.1) is 6.04 Å². The summed E-state index contributed by atoms with van der Waals surface area (Å²) in [5.74, 6) is -0.0918. The summed E-state index contributed by atoms with van der Waals surface area (Å²) in [6, 6.07) is -0.108. The van der Waals surface area contributed by atoms with Crippen LogP contribution in [0.3, 0.4) is 0 Å². The third-order valence-corrected chi connectivity index (χ3v) is 2.12. The molecule has 0 heterocycles. The molecule has 0 aromatic heterocycles. The zero-order chi connectivity index (χ0) is 11.7. The van der Waals surface area contributed by atoms with Crippen LogP contribution in [-0.2, 0) is 4.79 Å². The smallest absolute Gasteiger partial charge is 0.217 e. The summed E-state index contributed by atoms with van der Waals surface area (Å²) in [5.41, 5.74) is 10.5. The third-order valence-electron chi connectivity index (χ3n) is 2.12. The van der Waals surface area contributed by atoms with Crippen LogP contribution in [0.15, 0.2) is 5.16 Å². The predicted octanol–water partition coefficient (Wildman–Crippen LogP) is -0.243. The minimum absolute atomic E-state index is 0.108. The van der Waals surface area contributed by atoms with E-state index in [9.17, 15) is 4.79 Å². The molecule has 1 unspecified atom stereocenters. The van der Waals surface area contributed by atoms with Gasteiger partial charge in [0.1, 0.15) is 0 Å². The van der Waals surface area contributed by atoms with Gasteiger partial charge in [-0.25, -0.2) is 0 Å². The first-order valence-electron chi connectivity index (χ1n) is 5.10. The van der Waals surface area contributed by atoms with Gasteiger partial charge in [-0.15, -0.1) is 0 Å². The molecule has 0 aliphatic heterocycles. The number of unbranched alkanes of at least 4 members (excludes halogenated alkanes) is 1. The van der Waals surface area contributed by atoms with Crippen molar-refractivity contribution in [3.63, 3.8) is 0 Å². The zero-order valence-corrected chi connectivity index (χ0v) is 9.07. The highest BCUT2D eigenvalue weighted by Gasteiger charge is 2.09. The second-order valence-electron chi connectivity index (χ2n) is 3.36. The lowest BCUT2D eigenvalue weighted by molar-refractivity contribution is -0.118. The monoisotopic (exact) mass is 216 g/mol. The van der Waals surface area contributed by atoms with Crippen LogP contribution in [0.2, 0.25) is 0 Å². The summed E-state index contributed by atoms with van der Waals surface area (Å²) in [6.45, 7) is 2.67. The normalized spacial score (nSPS) is 13.8. The van der Waals surface area contributed by atoms with E-state index < -0.39 is 0 Å². The molecule has 15 heavy (non-hydrogen) atoms. The van der Waals surface area contributed by atoms with Gasteiger partial charge in [-0.1, -0.05) is 12.1 Å². The second-order valence-corrected chi connectivity index (χ2v) is 3.36. The van der Waals surface area contributed by atoms with Crippen molar-refractivity contribution >= 4 is 11.7 Å². The first-order valence-corrected chi connectivity index (χ1v) is 5.10. The molecule has 88 valence electrons. The Kier molecular flexibility index (Phi) is 7.35. The maximum absolute atomic E-state index is 10.4. The highest BCUT2D eigenvalue weighted by atomic mass is 16.4. The molecule has 0 spiro atoms. The Morgan fingerprint density at radius 2 is 2.13 bits per heavy atom. The summed E-state index contributed by atoms with van der Waals surface area (Å²) in [7, 11) is 0. The summed E-state index contributed by atoms with van der Waals surface area (Å²) in [5, 5.41) is 14.5. The number of amides is 1. The molecule has 0 saturated carbocycles. The minimum atomic E-state index is -0.279. The average Bonchev–Trinajstić information content (AvgIpc) is 2.22. The van der Waals surface area contributed by atoms with E-state index in [0.29, 0.717) is 6.42 Å². The molecule has 0 aliphatic carbocycles. The highest BCUT2D eigenvalue weighted by molar-refractivity contribution is 5.85. The molecule has 0 rings (SSSR count). The molecule has 1 atom stereocenters. The number of carbonyl (C=O) groups excluding carboxylic acids is 1. The first-order chi connectivity index (χ1) is 7.11. The van der Waals surface area contributed by atoms with Crippen molar-refractivity contribution < 1.29 is 10.0 Å². The molecule has 0 fully saturated rings. The molecule has 0 aliphatic rings. The number of carbonyl (C=O) groups is 1. The van der Waals surface area contributed by atoms with Crippen LogP contribution >= 0.6 is 0 Å². The number of nitrogens with two attached hydrogens (primary N) is 2. The highest BCUT2D eigenvalue weighted by Crippen LogP contribution is 1.95. The Labute approximate surface area is 89.7 Å². The van der Waals surface area contributed by atoms with Crippen LogP contribution in [0.1, 0.15) is 32.6 Å². The number of primary amides is 1. The number of oxime groups is 1. The molecule has 6 N–H and O–H groups in total. The van der Waals surface area contributed by atoms with Gasteiger partial charge in [0, 0.05) is 6.42 Å². The fourth-order valence-corrected chi connectivity index (χ4v) is 1.23. The third kappa shape index (κ3) is 6.73. The van der Waals surface area contributed by atoms with Crippen LogP contribution in [0.4, 0.5) is 0 Å². The van der Waals surface area contributed by atoms with Gasteiger partial charge >= 0.3 is 0 Å². The van der Waals surface area contributed by atoms with Gasteiger partial charge in [0.2, 0.25) is 5.91 Å². The summed E-state index contributed by atoms with van der Waals surface area (Å²) in [4.78, 5) is 10.4. The Balaban J connectivity index is 3.60. The van der Waals surface area contributed by atoms with E-state index in [0.717, 1.165) is 25.8 Å². The fraction of sp³-hybridized carbons (Fsp3) is 0.778. The van der Waals surface area contributed by atoms with Gasteiger partial charge in [0.25, 0.3) is 0 Å². The van der Waals surface area contributed by atoms with E-state index >= 15 is 0 Å². The minimum Gasteiger partial charge on any atom is -0.409 e. The van der Waals surface area contributed by atoms with Crippen molar-refractivity contribution in [3.05, 3.63) is 0 Å². The van der Waals surface area contributed by atoms with E-state index in [1.165, 1.54) is 0 Å². The number of nitrogens with one attached hydrogen (secondary N) is 1. The molecule has 1 amide bonds. The Bertz CT molecular complexity index is 218. The average molecular weight is 216 g/mol. The Hall–Kier alpha value is -1.30. The predicted molar refractivity (Wildman–Crippen MR) is 58.5 cm³/mol. The van der Waals surface area contributed by atoms with Crippen LogP contribution in [0.5, 0.6) is 0 Å². The number of nitrogens with zero attached hydrogens (tertiary/aromatic N) is 1. The maximum atomic E-state index is 10.4. The van der Waals surface area contributed by atoms with Crippen molar-refractivity contribution in [1.82, 2.24) is 5.32 Å². The van der Waals surface area contributed by atoms with Crippen LogP contribution in [-0.4, -0.2) is 29.5 Å². The summed E-state index contributed by atoms with van der Waals surface area (Å²) in [6.07, 6.45) is 2.76. The molecule has 0 bridgehead atoms. The van der Waals surface area contributed by atoms with Crippen LogP contribution in [0, 0.1) is 0 Å². The quantitative estimate of drug-likeness (QED) is 0.147. The van der Waals surface area contributed by atoms with Crippen molar-refractivity contribution in [2.75, 3.05) is 6.54 Å². The van der Waals surface area contributed by atoms with Crippen LogP contribution < -0.4 is 16.8 Å². The lowest BCUT2D eigenvalue weighted by Gasteiger charge is -2.14. The van der Waals surface area contributed by atoms with Crippen molar-refractivity contribution in [3.8, 4) is 0 Å². The number of rotatable bonds is 8. The SMILES string of the molecule is CCC(NCCCCC(N)=O)C(N)=NO. The van der Waals surface area contributed by atoms with E-state index in [4.69, 9.17) is 16.7 Å². The first kappa shape index (κ1) is 13.7. The molecule has 0 radical (unpaired) electrons. The topological polar surface area (TPSA) is 114 Å². The summed E-state index contributed by atoms with van der Waals surface area (Å²) < 4.78 is 0. The van der Waals surface area contributed by atoms with Gasteiger partial charge in [-0.2, -0.15) is 0 Å². The molecule has 6 nitrogen and oxygen atoms in total. The Morgan fingerprint density at radius 3 is 2.60 bits per heavy atom. The lowest BCUT2D eigenvalue weighted by Crippen LogP contribution is -2.41. The zero-order valence-electron chi connectivity index (χ0n) is 9.07. The molecular weight excluding hydrogens is 196 g/mol. The molecule has 0 aromatic carbocycles. The van der Waals surface area contributed by atoms with Crippen molar-refractivity contribution in [2.45, 2.75) is 38.6 Å². The second kappa shape index (κ2) is 8.05. The number of hydrogen-bond acceptors (Lipinski definition) is 4.